The summed E-state index contributed by atoms with van der Waals surface area (Å²) in [7, 11) is 0. The van der Waals surface area contributed by atoms with Gasteiger partial charge in [0.15, 0.2) is 5.75 Å². The van der Waals surface area contributed by atoms with Gasteiger partial charge in [-0.2, -0.15) is 0 Å². The van der Waals surface area contributed by atoms with Crippen LogP contribution in [0.25, 0.3) is 0 Å². The number of carbonyl (C=O) groups is 1. The van der Waals surface area contributed by atoms with E-state index in [1.165, 1.54) is 18.2 Å². The van der Waals surface area contributed by atoms with Crippen LogP contribution in [0.3, 0.4) is 0 Å². The highest BCUT2D eigenvalue weighted by molar-refractivity contribution is 6.04. The van der Waals surface area contributed by atoms with Crippen LogP contribution in [0.1, 0.15) is 35.9 Å². The third-order valence-corrected chi connectivity index (χ3v) is 3.37. The zero-order valence-electron chi connectivity index (χ0n) is 13.4. The number of aliphatic hydroxyl groups is 1. The van der Waals surface area contributed by atoms with Crippen molar-refractivity contribution in [2.45, 2.75) is 20.0 Å². The molecule has 2 N–H and O–H groups in total. The minimum atomic E-state index is -0.594. The average molecular weight is 330 g/mol. The van der Waals surface area contributed by atoms with Gasteiger partial charge in [-0.1, -0.05) is 12.1 Å². The van der Waals surface area contributed by atoms with Gasteiger partial charge in [0.2, 0.25) is 0 Å². The van der Waals surface area contributed by atoms with Gasteiger partial charge in [-0.25, -0.2) is 0 Å². The molecule has 0 unspecified atom stereocenters. The molecule has 0 radical (unpaired) electrons. The highest BCUT2D eigenvalue weighted by atomic mass is 16.6. The van der Waals surface area contributed by atoms with E-state index in [0.29, 0.717) is 12.3 Å². The summed E-state index contributed by atoms with van der Waals surface area (Å²) in [6.07, 6.45) is -0.594. The number of hydrogen-bond donors (Lipinski definition) is 2. The zero-order valence-corrected chi connectivity index (χ0v) is 13.4. The first-order chi connectivity index (χ1) is 11.4. The Kier molecular flexibility index (Phi) is 5.49. The monoisotopic (exact) mass is 330 g/mol. The smallest absolute Gasteiger partial charge is 0.311 e. The molecular formula is C17H18N2O5. The molecule has 0 heterocycles. The summed E-state index contributed by atoms with van der Waals surface area (Å²) < 4.78 is 5.19. The Bertz CT molecular complexity index is 741. The minimum absolute atomic E-state index is 0.125. The van der Waals surface area contributed by atoms with Crippen molar-refractivity contribution in [1.29, 1.82) is 0 Å². The van der Waals surface area contributed by atoms with Crippen molar-refractivity contribution in [2.75, 3.05) is 11.9 Å². The lowest BCUT2D eigenvalue weighted by Gasteiger charge is -2.09. The van der Waals surface area contributed by atoms with Gasteiger partial charge >= 0.3 is 5.69 Å². The molecule has 126 valence electrons. The fraction of sp³-hybridized carbons (Fsp3) is 0.235. The Labute approximate surface area is 139 Å². The maximum Gasteiger partial charge on any atom is 0.311 e. The van der Waals surface area contributed by atoms with Gasteiger partial charge in [0, 0.05) is 17.3 Å². The van der Waals surface area contributed by atoms with Crippen molar-refractivity contribution in [2.24, 2.45) is 0 Å². The SMILES string of the molecule is CCOc1ccc(C(=O)Nc2ccc([C@H](C)O)cc2)cc1[N+](=O)[O-]. The highest BCUT2D eigenvalue weighted by Crippen LogP contribution is 2.28. The fourth-order valence-corrected chi connectivity index (χ4v) is 2.13. The third kappa shape index (κ3) is 4.08. The molecule has 0 aliphatic carbocycles. The average Bonchev–Trinajstić information content (AvgIpc) is 2.55. The molecule has 1 amide bonds. The lowest BCUT2D eigenvalue weighted by molar-refractivity contribution is -0.385. The van der Waals surface area contributed by atoms with Crippen LogP contribution >= 0.6 is 0 Å². The molecule has 1 atom stereocenters. The van der Waals surface area contributed by atoms with Crippen LogP contribution in [0.15, 0.2) is 42.5 Å². The maximum absolute atomic E-state index is 12.3. The molecule has 0 bridgehead atoms. The van der Waals surface area contributed by atoms with E-state index in [4.69, 9.17) is 4.74 Å². The number of anilines is 1. The molecule has 0 aliphatic rings. The summed E-state index contributed by atoms with van der Waals surface area (Å²) in [6, 6.07) is 10.8. The molecule has 0 aromatic heterocycles. The molecule has 2 rings (SSSR count). The molecule has 0 fully saturated rings. The van der Waals surface area contributed by atoms with Crippen molar-refractivity contribution in [1.82, 2.24) is 0 Å². The van der Waals surface area contributed by atoms with Crippen molar-refractivity contribution >= 4 is 17.3 Å². The number of ether oxygens (including phenoxy) is 1. The molecule has 24 heavy (non-hydrogen) atoms. The lowest BCUT2D eigenvalue weighted by Crippen LogP contribution is -2.12. The van der Waals surface area contributed by atoms with Crippen LogP contribution < -0.4 is 10.1 Å². The number of aliphatic hydroxyl groups excluding tert-OH is 1. The predicted octanol–water partition coefficient (Wildman–Crippen LogP) is 3.30. The van der Waals surface area contributed by atoms with Gasteiger partial charge in [-0.15, -0.1) is 0 Å². The number of carbonyl (C=O) groups excluding carboxylic acids is 1. The van der Waals surface area contributed by atoms with Crippen LogP contribution in [-0.2, 0) is 0 Å². The molecule has 2 aromatic rings. The number of nitrogens with one attached hydrogen (secondary N) is 1. The molecular weight excluding hydrogens is 312 g/mol. The molecule has 7 nitrogen and oxygen atoms in total. The Morgan fingerprint density at radius 3 is 2.50 bits per heavy atom. The first kappa shape index (κ1) is 17.4. The largest absolute Gasteiger partial charge is 0.487 e. The number of hydrogen-bond acceptors (Lipinski definition) is 5. The van der Waals surface area contributed by atoms with Gasteiger partial charge < -0.3 is 15.2 Å². The summed E-state index contributed by atoms with van der Waals surface area (Å²) in [5, 5.41) is 23.2. The van der Waals surface area contributed by atoms with E-state index >= 15 is 0 Å². The van der Waals surface area contributed by atoms with E-state index in [0.717, 1.165) is 5.56 Å². The van der Waals surface area contributed by atoms with E-state index in [1.807, 2.05) is 0 Å². The number of nitro benzene ring substituents is 1. The Balaban J connectivity index is 2.20. The van der Waals surface area contributed by atoms with E-state index in [1.54, 1.807) is 38.1 Å². The third-order valence-electron chi connectivity index (χ3n) is 3.37. The first-order valence-electron chi connectivity index (χ1n) is 7.43. The fourth-order valence-electron chi connectivity index (χ4n) is 2.13. The molecule has 2 aromatic carbocycles. The standard InChI is InChI=1S/C17H18N2O5/c1-3-24-16-9-6-13(10-15(16)19(22)23)17(21)18-14-7-4-12(5-8-14)11(2)20/h4-11,20H,3H2,1-2H3,(H,18,21)/t11-/m0/s1. The Morgan fingerprint density at radius 2 is 1.96 bits per heavy atom. The van der Waals surface area contributed by atoms with Gasteiger partial charge in [0.05, 0.1) is 17.6 Å². The van der Waals surface area contributed by atoms with E-state index in [2.05, 4.69) is 5.32 Å². The molecule has 0 spiro atoms. The lowest BCUT2D eigenvalue weighted by atomic mass is 10.1. The van der Waals surface area contributed by atoms with Crippen molar-refractivity contribution in [3.05, 3.63) is 63.7 Å². The van der Waals surface area contributed by atoms with Crippen molar-refractivity contribution in [3.8, 4) is 5.75 Å². The topological polar surface area (TPSA) is 102 Å². The van der Waals surface area contributed by atoms with E-state index in [9.17, 15) is 20.0 Å². The highest BCUT2D eigenvalue weighted by Gasteiger charge is 2.18. The number of amides is 1. The van der Waals surface area contributed by atoms with Gasteiger partial charge in [0.25, 0.3) is 5.91 Å². The van der Waals surface area contributed by atoms with Crippen LogP contribution in [0.5, 0.6) is 5.75 Å². The summed E-state index contributed by atoms with van der Waals surface area (Å²) >= 11 is 0. The van der Waals surface area contributed by atoms with Crippen LogP contribution in [0, 0.1) is 10.1 Å². The Morgan fingerprint density at radius 1 is 1.29 bits per heavy atom. The van der Waals surface area contributed by atoms with E-state index < -0.39 is 16.9 Å². The molecule has 0 saturated carbocycles. The first-order valence-corrected chi connectivity index (χ1v) is 7.43. The van der Waals surface area contributed by atoms with Gasteiger partial charge in [0.1, 0.15) is 0 Å². The van der Waals surface area contributed by atoms with E-state index in [-0.39, 0.29) is 17.0 Å². The van der Waals surface area contributed by atoms with Crippen molar-refractivity contribution in [3.63, 3.8) is 0 Å². The van der Waals surface area contributed by atoms with Gasteiger partial charge in [-0.3, -0.25) is 14.9 Å². The maximum atomic E-state index is 12.3. The predicted molar refractivity (Wildman–Crippen MR) is 89.3 cm³/mol. The summed E-state index contributed by atoms with van der Waals surface area (Å²) in [5.74, 6) is -0.341. The molecule has 0 aliphatic heterocycles. The Hall–Kier alpha value is -2.93. The van der Waals surface area contributed by atoms with Crippen LogP contribution in [0.4, 0.5) is 11.4 Å². The van der Waals surface area contributed by atoms with Crippen LogP contribution in [-0.4, -0.2) is 22.5 Å². The summed E-state index contributed by atoms with van der Waals surface area (Å²) in [5.41, 5.74) is 1.16. The number of nitro groups is 1. The summed E-state index contributed by atoms with van der Waals surface area (Å²) in [4.78, 5) is 22.8. The normalized spacial score (nSPS) is 11.6. The number of benzene rings is 2. The number of rotatable bonds is 6. The second-order valence-electron chi connectivity index (χ2n) is 5.12. The number of nitrogens with zero attached hydrogens (tertiary/aromatic N) is 1. The minimum Gasteiger partial charge on any atom is -0.487 e. The van der Waals surface area contributed by atoms with Gasteiger partial charge in [-0.05, 0) is 43.7 Å². The second kappa shape index (κ2) is 7.56. The van der Waals surface area contributed by atoms with Crippen molar-refractivity contribution < 1.29 is 19.6 Å². The second-order valence-corrected chi connectivity index (χ2v) is 5.12. The zero-order chi connectivity index (χ0) is 17.7. The molecule has 7 heteroatoms. The summed E-state index contributed by atoms with van der Waals surface area (Å²) in [6.45, 7) is 3.66. The quantitative estimate of drug-likeness (QED) is 0.625. The van der Waals surface area contributed by atoms with Crippen LogP contribution in [0.2, 0.25) is 0 Å². The molecule has 0 saturated heterocycles.